The standard InChI is InChI=1S/C33H32ClF2N5O2/c1-18-29-7-6-22(33(43)39-15-24(35)11-25(37)16-39)14-41(29)38-32(18)31-10-21-5-4-20(9-30(21)40(31)13-19-2-3-19)26-12-27(34)23(17-42)8-28(26)36/h4-10,12,14,19,24-25,42H,2-3,11,13,15-17,37H2,1H3/t24-,25-/m1/s1. The molecule has 4 heterocycles. The van der Waals surface area contributed by atoms with Crippen molar-refractivity contribution in [2.45, 2.75) is 51.6 Å². The molecule has 10 heteroatoms. The quantitative estimate of drug-likeness (QED) is 0.244. The molecule has 3 N–H and O–H groups in total. The van der Waals surface area contributed by atoms with Crippen LogP contribution in [-0.4, -0.2) is 55.4 Å². The Bertz CT molecular complexity index is 1890. The van der Waals surface area contributed by atoms with Crippen molar-refractivity contribution < 1.29 is 18.7 Å². The maximum absolute atomic E-state index is 15.1. The number of piperidine rings is 1. The molecular weight excluding hydrogens is 572 g/mol. The predicted octanol–water partition coefficient (Wildman–Crippen LogP) is 6.14. The van der Waals surface area contributed by atoms with Gasteiger partial charge >= 0.3 is 0 Å². The second-order valence-corrected chi connectivity index (χ2v) is 12.4. The smallest absolute Gasteiger partial charge is 0.255 e. The van der Waals surface area contributed by atoms with E-state index in [0.29, 0.717) is 39.7 Å². The fourth-order valence-electron chi connectivity index (χ4n) is 6.27. The summed E-state index contributed by atoms with van der Waals surface area (Å²) in [5, 5.41) is 15.7. The molecule has 1 aliphatic carbocycles. The molecule has 3 aromatic heterocycles. The Kier molecular flexibility index (Phi) is 6.99. The highest BCUT2D eigenvalue weighted by Crippen LogP contribution is 2.39. The van der Waals surface area contributed by atoms with Crippen LogP contribution in [0.5, 0.6) is 0 Å². The molecule has 43 heavy (non-hydrogen) atoms. The molecule has 1 amide bonds. The van der Waals surface area contributed by atoms with Crippen LogP contribution in [0.1, 0.15) is 40.7 Å². The third-order valence-corrected chi connectivity index (χ3v) is 9.10. The molecule has 1 aliphatic heterocycles. The van der Waals surface area contributed by atoms with Gasteiger partial charge in [0.2, 0.25) is 0 Å². The summed E-state index contributed by atoms with van der Waals surface area (Å²) in [7, 11) is 0. The van der Waals surface area contributed by atoms with Crippen molar-refractivity contribution in [2.24, 2.45) is 11.7 Å². The molecule has 1 saturated heterocycles. The van der Waals surface area contributed by atoms with Crippen LogP contribution in [0.2, 0.25) is 5.02 Å². The molecule has 7 rings (SSSR count). The maximum atomic E-state index is 15.1. The fraction of sp³-hybridized carbons (Fsp3) is 0.333. The van der Waals surface area contributed by atoms with E-state index in [2.05, 4.69) is 10.6 Å². The number of amides is 1. The zero-order chi connectivity index (χ0) is 30.0. The van der Waals surface area contributed by atoms with Gasteiger partial charge < -0.3 is 20.3 Å². The minimum Gasteiger partial charge on any atom is -0.392 e. The first-order valence-electron chi connectivity index (χ1n) is 14.6. The van der Waals surface area contributed by atoms with E-state index >= 15 is 4.39 Å². The maximum Gasteiger partial charge on any atom is 0.255 e. The third kappa shape index (κ3) is 5.09. The lowest BCUT2D eigenvalue weighted by Gasteiger charge is -2.32. The van der Waals surface area contributed by atoms with Crippen LogP contribution in [0.25, 0.3) is 38.9 Å². The van der Waals surface area contributed by atoms with Gasteiger partial charge in [-0.2, -0.15) is 5.10 Å². The van der Waals surface area contributed by atoms with Gasteiger partial charge in [0.25, 0.3) is 5.91 Å². The molecule has 2 fully saturated rings. The molecule has 1 saturated carbocycles. The highest BCUT2D eigenvalue weighted by molar-refractivity contribution is 6.31. The van der Waals surface area contributed by atoms with E-state index < -0.39 is 12.0 Å². The Balaban J connectivity index is 1.30. The van der Waals surface area contributed by atoms with Crippen LogP contribution in [0.3, 0.4) is 0 Å². The Morgan fingerprint density at radius 1 is 1.12 bits per heavy atom. The first-order valence-corrected chi connectivity index (χ1v) is 15.0. The molecule has 2 aliphatic rings. The summed E-state index contributed by atoms with van der Waals surface area (Å²) >= 11 is 6.32. The number of alkyl halides is 1. The molecular formula is C33H32ClF2N5O2. The van der Waals surface area contributed by atoms with Crippen LogP contribution in [0.15, 0.2) is 54.7 Å². The number of hydrogen-bond acceptors (Lipinski definition) is 4. The molecule has 5 aromatic rings. The molecule has 0 unspecified atom stereocenters. The minimum atomic E-state index is -1.13. The molecule has 0 radical (unpaired) electrons. The fourth-order valence-corrected chi connectivity index (χ4v) is 6.49. The van der Waals surface area contributed by atoms with Crippen molar-refractivity contribution in [3.63, 3.8) is 0 Å². The number of carbonyl (C=O) groups is 1. The molecule has 2 atom stereocenters. The lowest BCUT2D eigenvalue weighted by atomic mass is 10.0. The van der Waals surface area contributed by atoms with Crippen LogP contribution in [0.4, 0.5) is 8.78 Å². The second-order valence-electron chi connectivity index (χ2n) is 12.0. The molecule has 2 aromatic carbocycles. The van der Waals surface area contributed by atoms with Gasteiger partial charge in [0.05, 0.1) is 29.9 Å². The van der Waals surface area contributed by atoms with Crippen molar-refractivity contribution in [1.29, 1.82) is 0 Å². The van der Waals surface area contributed by atoms with E-state index in [1.165, 1.54) is 11.0 Å². The zero-order valence-electron chi connectivity index (χ0n) is 23.7. The van der Waals surface area contributed by atoms with E-state index in [1.807, 2.05) is 31.2 Å². The van der Waals surface area contributed by atoms with E-state index in [4.69, 9.17) is 22.4 Å². The zero-order valence-corrected chi connectivity index (χ0v) is 24.5. The van der Waals surface area contributed by atoms with Crippen LogP contribution < -0.4 is 5.73 Å². The predicted molar refractivity (Wildman–Crippen MR) is 163 cm³/mol. The number of halogens is 3. The number of carbonyl (C=O) groups excluding carboxylic acids is 1. The molecule has 7 nitrogen and oxygen atoms in total. The number of aliphatic hydroxyl groups is 1. The lowest BCUT2D eigenvalue weighted by molar-refractivity contribution is 0.0606. The van der Waals surface area contributed by atoms with Gasteiger partial charge in [-0.1, -0.05) is 23.7 Å². The van der Waals surface area contributed by atoms with Gasteiger partial charge in [-0.05, 0) is 79.6 Å². The van der Waals surface area contributed by atoms with Crippen LogP contribution in [-0.2, 0) is 13.2 Å². The van der Waals surface area contributed by atoms with Crippen LogP contribution >= 0.6 is 11.6 Å². The first kappa shape index (κ1) is 28.0. The number of pyridine rings is 1. The van der Waals surface area contributed by atoms with E-state index in [9.17, 15) is 14.3 Å². The van der Waals surface area contributed by atoms with Crippen molar-refractivity contribution in [1.82, 2.24) is 19.1 Å². The number of benzene rings is 2. The molecule has 0 bridgehead atoms. The number of aromatic nitrogens is 3. The minimum absolute atomic E-state index is 0.0406. The number of nitrogens with zero attached hydrogens (tertiary/aromatic N) is 4. The summed E-state index contributed by atoms with van der Waals surface area (Å²) in [6.07, 6.45) is 3.15. The van der Waals surface area contributed by atoms with Crippen molar-refractivity contribution in [2.75, 3.05) is 13.1 Å². The highest BCUT2D eigenvalue weighted by Gasteiger charge is 2.30. The van der Waals surface area contributed by atoms with E-state index in [1.54, 1.807) is 22.8 Å². The average molecular weight is 604 g/mol. The summed E-state index contributed by atoms with van der Waals surface area (Å²) in [5.41, 5.74) is 12.4. The summed E-state index contributed by atoms with van der Waals surface area (Å²) in [5.74, 6) is -0.141. The second kappa shape index (κ2) is 10.7. The number of aliphatic hydroxyl groups excluding tert-OH is 1. The van der Waals surface area contributed by atoms with Crippen molar-refractivity contribution in [3.05, 3.63) is 82.3 Å². The molecule has 0 spiro atoms. The summed E-state index contributed by atoms with van der Waals surface area (Å²) in [4.78, 5) is 14.7. The monoisotopic (exact) mass is 603 g/mol. The number of rotatable bonds is 6. The summed E-state index contributed by atoms with van der Waals surface area (Å²) < 4.78 is 33.2. The normalized spacial score (nSPS) is 19.1. The van der Waals surface area contributed by atoms with Gasteiger partial charge in [0.1, 0.15) is 17.7 Å². The van der Waals surface area contributed by atoms with Gasteiger partial charge in [-0.3, -0.25) is 4.79 Å². The average Bonchev–Trinajstić information content (AvgIpc) is 3.66. The van der Waals surface area contributed by atoms with Crippen molar-refractivity contribution in [3.8, 4) is 22.5 Å². The SMILES string of the molecule is Cc1c(-c2cc3ccc(-c4cc(Cl)c(CO)cc4F)cc3n2CC2CC2)nn2cc(C(=O)N3C[C@H](N)C[C@@H](F)C3)ccc12. The Labute approximate surface area is 252 Å². The number of likely N-dealkylation sites (tertiary alicyclic amines) is 1. The Morgan fingerprint density at radius 2 is 1.93 bits per heavy atom. The topological polar surface area (TPSA) is 88.8 Å². The number of fused-ring (bicyclic) bond motifs is 2. The van der Waals surface area contributed by atoms with Gasteiger partial charge in [-0.25, -0.2) is 13.3 Å². The van der Waals surface area contributed by atoms with Crippen LogP contribution in [0, 0.1) is 18.7 Å². The number of aryl methyl sites for hydroxylation is 1. The highest BCUT2D eigenvalue weighted by atomic mass is 35.5. The van der Waals surface area contributed by atoms with Gasteiger partial charge in [0, 0.05) is 52.4 Å². The summed E-state index contributed by atoms with van der Waals surface area (Å²) in [6, 6.07) is 14.1. The van der Waals surface area contributed by atoms with Crippen molar-refractivity contribution >= 4 is 33.9 Å². The lowest BCUT2D eigenvalue weighted by Crippen LogP contribution is -2.50. The molecule has 222 valence electrons. The number of nitrogens with two attached hydrogens (primary N) is 1. The van der Waals surface area contributed by atoms with Gasteiger partial charge in [0.15, 0.2) is 0 Å². The van der Waals surface area contributed by atoms with E-state index in [-0.39, 0.29) is 31.5 Å². The Morgan fingerprint density at radius 3 is 2.67 bits per heavy atom. The largest absolute Gasteiger partial charge is 0.392 e. The Hall–Kier alpha value is -3.79. The third-order valence-electron chi connectivity index (χ3n) is 8.74. The summed E-state index contributed by atoms with van der Waals surface area (Å²) in [6.45, 7) is 2.86. The first-order chi connectivity index (χ1) is 20.7. The van der Waals surface area contributed by atoms with Gasteiger partial charge in [-0.15, -0.1) is 0 Å². The number of hydrogen-bond donors (Lipinski definition) is 2. The van der Waals surface area contributed by atoms with E-state index in [0.717, 1.165) is 52.8 Å².